The molecule has 0 bridgehead atoms. The molecule has 1 aromatic carbocycles. The van der Waals surface area contributed by atoms with Crippen molar-refractivity contribution in [2.24, 2.45) is 0 Å². The van der Waals surface area contributed by atoms with E-state index in [9.17, 15) is 4.79 Å². The maximum Gasteiger partial charge on any atom is 0.234 e. The van der Waals surface area contributed by atoms with Gasteiger partial charge in [-0.1, -0.05) is 18.2 Å². The van der Waals surface area contributed by atoms with Crippen molar-refractivity contribution in [1.82, 2.24) is 14.9 Å². The molecule has 2 aliphatic heterocycles. The number of rotatable bonds is 2. The quantitative estimate of drug-likeness (QED) is 0.926. The molecule has 4 rings (SSSR count). The average molecular weight is 313 g/mol. The summed E-state index contributed by atoms with van der Waals surface area (Å²) in [4.78, 5) is 18.3. The van der Waals surface area contributed by atoms with Crippen molar-refractivity contribution < 1.29 is 4.79 Å². The molecule has 22 heavy (non-hydrogen) atoms. The van der Waals surface area contributed by atoms with E-state index in [1.54, 1.807) is 11.8 Å². The highest BCUT2D eigenvalue weighted by molar-refractivity contribution is 8.01. The van der Waals surface area contributed by atoms with Crippen LogP contribution in [0.5, 0.6) is 0 Å². The lowest BCUT2D eigenvalue weighted by Crippen LogP contribution is -2.44. The van der Waals surface area contributed by atoms with Crippen LogP contribution in [0.4, 0.5) is 0 Å². The van der Waals surface area contributed by atoms with E-state index < -0.39 is 0 Å². The van der Waals surface area contributed by atoms with Gasteiger partial charge in [0, 0.05) is 30.1 Å². The first-order valence-corrected chi connectivity index (χ1v) is 8.64. The minimum absolute atomic E-state index is 0.0170. The Balaban J connectivity index is 1.40. The topological polar surface area (TPSA) is 46.9 Å². The Morgan fingerprint density at radius 3 is 3.14 bits per heavy atom. The lowest BCUT2D eigenvalue weighted by molar-refractivity contribution is -0.121. The highest BCUT2D eigenvalue weighted by Gasteiger charge is 2.30. The van der Waals surface area contributed by atoms with E-state index >= 15 is 0 Å². The molecule has 5 heteroatoms. The number of carbonyl (C=O) groups is 1. The van der Waals surface area contributed by atoms with Crippen LogP contribution < -0.4 is 5.32 Å². The predicted molar refractivity (Wildman–Crippen MR) is 87.0 cm³/mol. The number of fused-ring (bicyclic) bond motifs is 2. The maximum atomic E-state index is 12.5. The molecule has 0 radical (unpaired) electrons. The molecule has 0 fully saturated rings. The third kappa shape index (κ3) is 2.54. The van der Waals surface area contributed by atoms with Gasteiger partial charge in [0.25, 0.3) is 0 Å². The number of hydrogen-bond donors (Lipinski definition) is 1. The van der Waals surface area contributed by atoms with Crippen LogP contribution in [0.1, 0.15) is 23.5 Å². The summed E-state index contributed by atoms with van der Waals surface area (Å²) in [6, 6.07) is 8.53. The van der Waals surface area contributed by atoms with Crippen LogP contribution in [0, 0.1) is 6.92 Å². The minimum Gasteiger partial charge on any atom is -0.351 e. The number of aromatic nitrogens is 2. The van der Waals surface area contributed by atoms with Gasteiger partial charge < -0.3 is 9.88 Å². The number of amides is 1. The second-order valence-electron chi connectivity index (χ2n) is 6.11. The van der Waals surface area contributed by atoms with Crippen LogP contribution in [-0.4, -0.2) is 26.8 Å². The van der Waals surface area contributed by atoms with Crippen molar-refractivity contribution >= 4 is 17.7 Å². The normalized spacial score (nSPS) is 23.0. The largest absolute Gasteiger partial charge is 0.351 e. The molecule has 1 N–H and O–H groups in total. The first-order valence-electron chi connectivity index (χ1n) is 7.76. The standard InChI is InChI=1S/C17H19N3OS/c1-11-9-20-10-13(6-7-16(20)18-11)19-17(21)15-8-12-4-2-3-5-14(12)22-15/h2-5,9,13,15H,6-8,10H2,1H3,(H,19,21)/t13-,15+/m1/s1. The highest BCUT2D eigenvalue weighted by Crippen LogP contribution is 2.36. The fourth-order valence-corrected chi connectivity index (χ4v) is 4.53. The van der Waals surface area contributed by atoms with E-state index in [4.69, 9.17) is 0 Å². The Kier molecular flexibility index (Phi) is 3.45. The van der Waals surface area contributed by atoms with Gasteiger partial charge in [-0.25, -0.2) is 4.98 Å². The lowest BCUT2D eigenvalue weighted by Gasteiger charge is -2.25. The van der Waals surface area contributed by atoms with Gasteiger partial charge in [0.15, 0.2) is 0 Å². The van der Waals surface area contributed by atoms with Crippen LogP contribution in [0.25, 0.3) is 0 Å². The van der Waals surface area contributed by atoms with Crippen molar-refractivity contribution in [2.75, 3.05) is 0 Å². The molecule has 1 aromatic heterocycles. The van der Waals surface area contributed by atoms with E-state index in [1.807, 2.05) is 19.1 Å². The number of imidazole rings is 1. The third-order valence-corrected chi connectivity index (χ3v) is 5.72. The molecule has 2 atom stereocenters. The van der Waals surface area contributed by atoms with Crippen molar-refractivity contribution in [3.63, 3.8) is 0 Å². The fraction of sp³-hybridized carbons (Fsp3) is 0.412. The Bertz CT molecular complexity index is 699. The average Bonchev–Trinajstić information content (AvgIpc) is 3.08. The number of carbonyl (C=O) groups excluding carboxylic acids is 1. The van der Waals surface area contributed by atoms with Crippen LogP contribution in [0.3, 0.4) is 0 Å². The summed E-state index contributed by atoms with van der Waals surface area (Å²) >= 11 is 1.69. The van der Waals surface area contributed by atoms with Crippen molar-refractivity contribution in [1.29, 1.82) is 0 Å². The van der Waals surface area contributed by atoms with E-state index in [2.05, 4.69) is 33.2 Å². The molecule has 2 aliphatic rings. The number of hydrogen-bond acceptors (Lipinski definition) is 3. The van der Waals surface area contributed by atoms with Crippen molar-refractivity contribution in [3.05, 3.63) is 47.5 Å². The lowest BCUT2D eigenvalue weighted by atomic mass is 10.1. The molecule has 0 aliphatic carbocycles. The van der Waals surface area contributed by atoms with Gasteiger partial charge in [-0.15, -0.1) is 11.8 Å². The molecule has 1 amide bonds. The van der Waals surface area contributed by atoms with E-state index in [0.29, 0.717) is 0 Å². The Morgan fingerprint density at radius 2 is 2.27 bits per heavy atom. The summed E-state index contributed by atoms with van der Waals surface area (Å²) in [5.74, 6) is 1.32. The van der Waals surface area contributed by atoms with Gasteiger partial charge in [-0.05, 0) is 31.4 Å². The smallest absolute Gasteiger partial charge is 0.234 e. The van der Waals surface area contributed by atoms with Gasteiger partial charge in [0.05, 0.1) is 10.9 Å². The maximum absolute atomic E-state index is 12.5. The molecule has 2 aromatic rings. The third-order valence-electron chi connectivity index (χ3n) is 4.40. The zero-order valence-electron chi connectivity index (χ0n) is 12.6. The number of nitrogens with one attached hydrogen (secondary N) is 1. The van der Waals surface area contributed by atoms with Crippen molar-refractivity contribution in [2.45, 2.75) is 48.9 Å². The van der Waals surface area contributed by atoms with Crippen LogP contribution >= 0.6 is 11.8 Å². The van der Waals surface area contributed by atoms with Crippen LogP contribution in [0.2, 0.25) is 0 Å². The van der Waals surface area contributed by atoms with Crippen LogP contribution in [0.15, 0.2) is 35.4 Å². The first-order chi connectivity index (χ1) is 10.7. The van der Waals surface area contributed by atoms with E-state index in [-0.39, 0.29) is 17.2 Å². The second kappa shape index (κ2) is 5.47. The summed E-state index contributed by atoms with van der Waals surface area (Å²) in [5, 5.41) is 3.25. The zero-order chi connectivity index (χ0) is 15.1. The SMILES string of the molecule is Cc1cn2c(n1)CC[C@@H](NC(=O)[C@@H]1Cc3ccccc3S1)C2. The molecule has 0 saturated heterocycles. The predicted octanol–water partition coefficient (Wildman–Crippen LogP) is 2.34. The summed E-state index contributed by atoms with van der Waals surface area (Å²) in [6.45, 7) is 2.86. The van der Waals surface area contributed by atoms with Gasteiger partial charge in [0.2, 0.25) is 5.91 Å². The van der Waals surface area contributed by atoms with Gasteiger partial charge in [0.1, 0.15) is 5.82 Å². The molecule has 0 spiro atoms. The number of nitrogens with zero attached hydrogens (tertiary/aromatic N) is 2. The Labute approximate surface area is 134 Å². The number of aryl methyl sites for hydroxylation is 2. The summed E-state index contributed by atoms with van der Waals surface area (Å²) in [6.07, 6.45) is 4.84. The van der Waals surface area contributed by atoms with Crippen molar-refractivity contribution in [3.8, 4) is 0 Å². The Hall–Kier alpha value is -1.75. The molecule has 0 unspecified atom stereocenters. The van der Waals surface area contributed by atoms with Gasteiger partial charge >= 0.3 is 0 Å². The van der Waals surface area contributed by atoms with E-state index in [1.165, 1.54) is 10.5 Å². The Morgan fingerprint density at radius 1 is 1.41 bits per heavy atom. The molecule has 0 saturated carbocycles. The molecule has 114 valence electrons. The zero-order valence-corrected chi connectivity index (χ0v) is 13.4. The number of thioether (sulfide) groups is 1. The number of benzene rings is 1. The van der Waals surface area contributed by atoms with E-state index in [0.717, 1.165) is 37.3 Å². The summed E-state index contributed by atoms with van der Waals surface area (Å²) in [5.41, 5.74) is 2.35. The van der Waals surface area contributed by atoms with Crippen LogP contribution in [-0.2, 0) is 24.2 Å². The highest BCUT2D eigenvalue weighted by atomic mass is 32.2. The second-order valence-corrected chi connectivity index (χ2v) is 7.36. The summed E-state index contributed by atoms with van der Waals surface area (Å²) < 4.78 is 2.18. The fourth-order valence-electron chi connectivity index (χ4n) is 3.33. The van der Waals surface area contributed by atoms with Gasteiger partial charge in [-0.2, -0.15) is 0 Å². The molecular formula is C17H19N3OS. The molecule has 4 nitrogen and oxygen atoms in total. The molecular weight excluding hydrogens is 294 g/mol. The monoisotopic (exact) mass is 313 g/mol. The first kappa shape index (κ1) is 13.9. The van der Waals surface area contributed by atoms with Gasteiger partial charge in [-0.3, -0.25) is 4.79 Å². The minimum atomic E-state index is 0.0170. The summed E-state index contributed by atoms with van der Waals surface area (Å²) in [7, 11) is 0. The molecule has 3 heterocycles.